The summed E-state index contributed by atoms with van der Waals surface area (Å²) in [6.45, 7) is 1.55. The van der Waals surface area contributed by atoms with Crippen LogP contribution in [0.15, 0.2) is 18.2 Å². The van der Waals surface area contributed by atoms with Crippen LogP contribution in [-0.4, -0.2) is 39.3 Å². The van der Waals surface area contributed by atoms with E-state index in [4.69, 9.17) is 9.47 Å². The smallest absolute Gasteiger partial charge is 0.237 e. The summed E-state index contributed by atoms with van der Waals surface area (Å²) in [6, 6.07) is 5.71. The number of hydrogen-bond acceptors (Lipinski definition) is 4. The van der Waals surface area contributed by atoms with Crippen LogP contribution in [0.2, 0.25) is 0 Å². The quantitative estimate of drug-likeness (QED) is 0.836. The number of halogens is 1. The first-order valence-electron chi connectivity index (χ1n) is 6.96. The minimum atomic E-state index is -0.0206. The molecule has 1 aromatic carbocycles. The van der Waals surface area contributed by atoms with E-state index in [1.54, 1.807) is 14.2 Å². The van der Waals surface area contributed by atoms with Crippen LogP contribution in [0.1, 0.15) is 18.4 Å². The molecule has 2 rings (SSSR count). The maximum atomic E-state index is 11.9. The van der Waals surface area contributed by atoms with E-state index in [1.165, 1.54) is 0 Å². The van der Waals surface area contributed by atoms with Crippen LogP contribution in [0.3, 0.4) is 0 Å². The zero-order valence-electron chi connectivity index (χ0n) is 12.5. The van der Waals surface area contributed by atoms with Gasteiger partial charge >= 0.3 is 0 Å². The molecule has 1 aliphatic heterocycles. The molecule has 5 nitrogen and oxygen atoms in total. The van der Waals surface area contributed by atoms with Gasteiger partial charge in [0.1, 0.15) is 11.5 Å². The fraction of sp³-hybridized carbons (Fsp3) is 0.533. The lowest BCUT2D eigenvalue weighted by molar-refractivity contribution is -0.122. The van der Waals surface area contributed by atoms with Crippen molar-refractivity contribution in [3.05, 3.63) is 23.8 Å². The van der Waals surface area contributed by atoms with E-state index in [0.717, 1.165) is 42.9 Å². The van der Waals surface area contributed by atoms with E-state index < -0.39 is 0 Å². The Labute approximate surface area is 131 Å². The van der Waals surface area contributed by atoms with Crippen LogP contribution in [0, 0.1) is 0 Å². The lowest BCUT2D eigenvalue weighted by Gasteiger charge is -2.13. The van der Waals surface area contributed by atoms with Crippen LogP contribution in [0.5, 0.6) is 11.5 Å². The van der Waals surface area contributed by atoms with Gasteiger partial charge in [0.05, 0.1) is 20.3 Å². The van der Waals surface area contributed by atoms with Crippen molar-refractivity contribution in [1.82, 2.24) is 10.6 Å². The van der Waals surface area contributed by atoms with Crippen molar-refractivity contribution in [3.8, 4) is 11.5 Å². The predicted octanol–water partition coefficient (Wildman–Crippen LogP) is 1.54. The average Bonchev–Trinajstić information content (AvgIpc) is 3.01. The molecule has 118 valence electrons. The van der Waals surface area contributed by atoms with Crippen molar-refractivity contribution in [2.45, 2.75) is 25.3 Å². The first-order valence-corrected chi connectivity index (χ1v) is 6.96. The van der Waals surface area contributed by atoms with Crippen molar-refractivity contribution < 1.29 is 14.3 Å². The Morgan fingerprint density at radius 3 is 2.81 bits per heavy atom. The molecule has 1 saturated heterocycles. The van der Waals surface area contributed by atoms with Gasteiger partial charge in [-0.2, -0.15) is 0 Å². The number of amides is 1. The molecule has 6 heteroatoms. The number of hydrogen-bond donors (Lipinski definition) is 2. The summed E-state index contributed by atoms with van der Waals surface area (Å²) in [4.78, 5) is 11.9. The zero-order chi connectivity index (χ0) is 14.4. The molecule has 1 fully saturated rings. The average molecular weight is 315 g/mol. The lowest BCUT2D eigenvalue weighted by atomic mass is 10.1. The van der Waals surface area contributed by atoms with Gasteiger partial charge in [0.25, 0.3) is 0 Å². The van der Waals surface area contributed by atoms with Gasteiger partial charge in [-0.25, -0.2) is 0 Å². The van der Waals surface area contributed by atoms with Gasteiger partial charge in [0, 0.05) is 12.6 Å². The highest BCUT2D eigenvalue weighted by atomic mass is 35.5. The second-order valence-corrected chi connectivity index (χ2v) is 4.87. The van der Waals surface area contributed by atoms with Crippen molar-refractivity contribution in [1.29, 1.82) is 0 Å². The molecular formula is C15H23ClN2O3. The third-order valence-electron chi connectivity index (χ3n) is 3.56. The largest absolute Gasteiger partial charge is 0.497 e. The van der Waals surface area contributed by atoms with Gasteiger partial charge in [-0.05, 0) is 37.4 Å². The molecule has 1 unspecified atom stereocenters. The fourth-order valence-corrected chi connectivity index (χ4v) is 2.41. The minimum Gasteiger partial charge on any atom is -0.497 e. The Morgan fingerprint density at radius 1 is 1.38 bits per heavy atom. The molecule has 2 N–H and O–H groups in total. The molecular weight excluding hydrogens is 292 g/mol. The molecule has 1 aliphatic rings. The van der Waals surface area contributed by atoms with Gasteiger partial charge in [0.15, 0.2) is 0 Å². The van der Waals surface area contributed by atoms with Crippen LogP contribution < -0.4 is 20.1 Å². The van der Waals surface area contributed by atoms with Crippen LogP contribution in [-0.2, 0) is 11.2 Å². The molecule has 21 heavy (non-hydrogen) atoms. The summed E-state index contributed by atoms with van der Waals surface area (Å²) in [5.41, 5.74) is 1.06. The third kappa shape index (κ3) is 4.79. The van der Waals surface area contributed by atoms with E-state index >= 15 is 0 Å². The first-order chi connectivity index (χ1) is 9.74. The Bertz CT molecular complexity index is 462. The monoisotopic (exact) mass is 314 g/mol. The van der Waals surface area contributed by atoms with Gasteiger partial charge in [-0.3, -0.25) is 4.79 Å². The lowest BCUT2D eigenvalue weighted by Crippen LogP contribution is -2.41. The third-order valence-corrected chi connectivity index (χ3v) is 3.56. The number of methoxy groups -OCH3 is 2. The highest BCUT2D eigenvalue weighted by molar-refractivity contribution is 5.85. The Kier molecular flexibility index (Phi) is 7.32. The SMILES string of the molecule is COc1ccc(CCNC(=O)C2CCCN2)c(OC)c1.Cl. The number of carbonyl (C=O) groups is 1. The standard InChI is InChI=1S/C15H22N2O3.ClH/c1-19-12-6-5-11(14(10-12)20-2)7-9-17-15(18)13-4-3-8-16-13;/h5-6,10,13,16H,3-4,7-9H2,1-2H3,(H,17,18);1H. The normalized spacial score (nSPS) is 17.0. The number of benzene rings is 1. The molecule has 0 aromatic heterocycles. The van der Waals surface area contributed by atoms with Gasteiger partial charge in [0.2, 0.25) is 5.91 Å². The molecule has 1 atom stereocenters. The highest BCUT2D eigenvalue weighted by Crippen LogP contribution is 2.24. The van der Waals surface area contributed by atoms with Gasteiger partial charge < -0.3 is 20.1 Å². The van der Waals surface area contributed by atoms with E-state index in [2.05, 4.69) is 10.6 Å². The molecule has 0 aliphatic carbocycles. The molecule has 1 heterocycles. The first kappa shape index (κ1) is 17.6. The fourth-order valence-electron chi connectivity index (χ4n) is 2.41. The maximum Gasteiger partial charge on any atom is 0.237 e. The topological polar surface area (TPSA) is 59.6 Å². The Morgan fingerprint density at radius 2 is 2.19 bits per heavy atom. The molecule has 0 saturated carbocycles. The maximum absolute atomic E-state index is 11.9. The number of carbonyl (C=O) groups excluding carboxylic acids is 1. The summed E-state index contributed by atoms with van der Waals surface area (Å²) in [7, 11) is 3.27. The molecule has 0 radical (unpaired) electrons. The molecule has 0 spiro atoms. The van der Waals surface area contributed by atoms with E-state index in [-0.39, 0.29) is 24.4 Å². The van der Waals surface area contributed by atoms with Crippen LogP contribution in [0.4, 0.5) is 0 Å². The summed E-state index contributed by atoms with van der Waals surface area (Å²) in [6.07, 6.45) is 2.74. The van der Waals surface area contributed by atoms with Gasteiger partial charge in [-0.1, -0.05) is 6.07 Å². The predicted molar refractivity (Wildman–Crippen MR) is 84.5 cm³/mol. The van der Waals surface area contributed by atoms with Crippen molar-refractivity contribution in [3.63, 3.8) is 0 Å². The van der Waals surface area contributed by atoms with Crippen LogP contribution >= 0.6 is 12.4 Å². The summed E-state index contributed by atoms with van der Waals surface area (Å²) in [5, 5.41) is 6.15. The molecule has 1 amide bonds. The number of ether oxygens (including phenoxy) is 2. The number of nitrogens with one attached hydrogen (secondary N) is 2. The highest BCUT2D eigenvalue weighted by Gasteiger charge is 2.21. The molecule has 1 aromatic rings. The van der Waals surface area contributed by atoms with Gasteiger partial charge in [-0.15, -0.1) is 12.4 Å². The van der Waals surface area contributed by atoms with Crippen molar-refractivity contribution >= 4 is 18.3 Å². The summed E-state index contributed by atoms with van der Waals surface area (Å²) in [5.74, 6) is 1.65. The van der Waals surface area contributed by atoms with E-state index in [1.807, 2.05) is 18.2 Å². The second-order valence-electron chi connectivity index (χ2n) is 4.87. The Hall–Kier alpha value is -1.46. The zero-order valence-corrected chi connectivity index (χ0v) is 13.3. The van der Waals surface area contributed by atoms with Crippen LogP contribution in [0.25, 0.3) is 0 Å². The van der Waals surface area contributed by atoms with Crippen molar-refractivity contribution in [2.24, 2.45) is 0 Å². The second kappa shape index (κ2) is 8.74. The molecule has 0 bridgehead atoms. The summed E-state index contributed by atoms with van der Waals surface area (Å²) < 4.78 is 10.5. The van der Waals surface area contributed by atoms with E-state index in [9.17, 15) is 4.79 Å². The Balaban J connectivity index is 0.00000220. The minimum absolute atomic E-state index is 0. The van der Waals surface area contributed by atoms with E-state index in [0.29, 0.717) is 6.54 Å². The number of rotatable bonds is 6. The van der Waals surface area contributed by atoms with Crippen molar-refractivity contribution in [2.75, 3.05) is 27.3 Å². The summed E-state index contributed by atoms with van der Waals surface area (Å²) >= 11 is 0.